The van der Waals surface area contributed by atoms with Crippen LogP contribution < -0.4 is 4.90 Å². The number of piperidine rings is 1. The van der Waals surface area contributed by atoms with Crippen LogP contribution in [0.2, 0.25) is 0 Å². The van der Waals surface area contributed by atoms with Gasteiger partial charge < -0.3 is 24.7 Å². The minimum Gasteiger partial charge on any atom is -0.396 e. The second kappa shape index (κ2) is 8.67. The molecule has 1 aliphatic heterocycles. The van der Waals surface area contributed by atoms with Gasteiger partial charge in [-0.2, -0.15) is 0 Å². The van der Waals surface area contributed by atoms with Crippen molar-refractivity contribution >= 4 is 27.9 Å². The summed E-state index contributed by atoms with van der Waals surface area (Å²) in [6.45, 7) is 1.53. The quantitative estimate of drug-likeness (QED) is 0.415. The van der Waals surface area contributed by atoms with E-state index in [2.05, 4.69) is 37.6 Å². The molecular weight excluding hydrogens is 428 g/mol. The number of rotatable bonds is 5. The van der Waals surface area contributed by atoms with Crippen molar-refractivity contribution in [1.29, 1.82) is 0 Å². The van der Waals surface area contributed by atoms with Crippen LogP contribution in [-0.4, -0.2) is 61.0 Å². The van der Waals surface area contributed by atoms with E-state index in [-0.39, 0.29) is 18.6 Å². The molecule has 178 valence electrons. The van der Waals surface area contributed by atoms with E-state index in [9.17, 15) is 10.2 Å². The molecule has 1 saturated carbocycles. The Balaban J connectivity index is 1.35. The van der Waals surface area contributed by atoms with E-state index in [1.54, 1.807) is 6.33 Å². The van der Waals surface area contributed by atoms with Gasteiger partial charge in [0.05, 0.1) is 42.4 Å². The van der Waals surface area contributed by atoms with Gasteiger partial charge in [0.1, 0.15) is 17.0 Å². The molecule has 3 N–H and O–H groups in total. The number of nitrogens with one attached hydrogen (secondary N) is 1. The molecule has 0 atom stereocenters. The Morgan fingerprint density at radius 2 is 1.79 bits per heavy atom. The fourth-order valence-electron chi connectivity index (χ4n) is 5.70. The fourth-order valence-corrected chi connectivity index (χ4v) is 5.70. The Morgan fingerprint density at radius 3 is 2.56 bits per heavy atom. The zero-order valence-corrected chi connectivity index (χ0v) is 19.5. The summed E-state index contributed by atoms with van der Waals surface area (Å²) in [5, 5.41) is 19.5. The standard InChI is InChI=1S/C26H32N6O2/c33-14-26(15-34)8-10-31(11-9-26)23-13-21-25(28-16-27-21)24(30-23)18-6-7-22-20(12-18)29-17-32(22)19-4-2-1-3-5-19/h6-7,12-13,16-17,19,33-34H,1-5,8-11,14-15H2,(H,27,28). The average molecular weight is 461 g/mol. The zero-order chi connectivity index (χ0) is 23.1. The van der Waals surface area contributed by atoms with Gasteiger partial charge in [-0.1, -0.05) is 25.3 Å². The molecule has 2 fully saturated rings. The summed E-state index contributed by atoms with van der Waals surface area (Å²) in [6, 6.07) is 9.05. The van der Waals surface area contributed by atoms with Gasteiger partial charge in [0, 0.05) is 36.2 Å². The van der Waals surface area contributed by atoms with Crippen LogP contribution in [0.5, 0.6) is 0 Å². The molecular formula is C26H32N6O2. The highest BCUT2D eigenvalue weighted by Gasteiger charge is 2.34. The smallest absolute Gasteiger partial charge is 0.131 e. The van der Waals surface area contributed by atoms with Gasteiger partial charge in [0.2, 0.25) is 0 Å². The number of anilines is 1. The molecule has 3 aromatic heterocycles. The lowest BCUT2D eigenvalue weighted by atomic mass is 9.80. The largest absolute Gasteiger partial charge is 0.396 e. The van der Waals surface area contributed by atoms with E-state index >= 15 is 0 Å². The van der Waals surface area contributed by atoms with Crippen molar-refractivity contribution in [1.82, 2.24) is 24.5 Å². The highest BCUT2D eigenvalue weighted by Crippen LogP contribution is 2.36. The molecule has 1 aromatic carbocycles. The predicted octanol–water partition coefficient (Wildman–Crippen LogP) is 4.05. The van der Waals surface area contributed by atoms with Crippen molar-refractivity contribution in [2.75, 3.05) is 31.2 Å². The number of aromatic nitrogens is 5. The summed E-state index contributed by atoms with van der Waals surface area (Å²) in [6.07, 6.45) is 11.6. The summed E-state index contributed by atoms with van der Waals surface area (Å²) in [5.41, 5.74) is 5.46. The first-order valence-electron chi connectivity index (χ1n) is 12.5. The van der Waals surface area contributed by atoms with Crippen molar-refractivity contribution in [3.63, 3.8) is 0 Å². The van der Waals surface area contributed by atoms with E-state index in [1.165, 1.54) is 37.6 Å². The third-order valence-corrected chi connectivity index (χ3v) is 8.03. The topological polar surface area (TPSA) is 103 Å². The molecule has 4 heterocycles. The van der Waals surface area contributed by atoms with Crippen molar-refractivity contribution in [3.8, 4) is 11.3 Å². The first-order valence-corrected chi connectivity index (χ1v) is 12.5. The van der Waals surface area contributed by atoms with Crippen molar-refractivity contribution in [2.24, 2.45) is 5.41 Å². The summed E-state index contributed by atoms with van der Waals surface area (Å²) in [7, 11) is 0. The normalized spacial score (nSPS) is 19.3. The lowest BCUT2D eigenvalue weighted by Crippen LogP contribution is -2.44. The Labute approximate surface area is 198 Å². The lowest BCUT2D eigenvalue weighted by Gasteiger charge is -2.40. The fraction of sp³-hybridized carbons (Fsp3) is 0.500. The molecule has 8 heteroatoms. The third kappa shape index (κ3) is 3.65. The SMILES string of the molecule is OCC1(CO)CCN(c2cc3[nH]cnc3c(-c3ccc4c(c3)ncn4C3CCCCC3)n2)CC1. The van der Waals surface area contributed by atoms with E-state index < -0.39 is 0 Å². The number of fused-ring (bicyclic) bond motifs is 2. The Morgan fingerprint density at radius 1 is 1.00 bits per heavy atom. The molecule has 0 unspecified atom stereocenters. The van der Waals surface area contributed by atoms with Gasteiger partial charge in [-0.3, -0.25) is 0 Å². The minimum atomic E-state index is -0.389. The molecule has 0 spiro atoms. The van der Waals surface area contributed by atoms with Crippen molar-refractivity contribution < 1.29 is 10.2 Å². The highest BCUT2D eigenvalue weighted by atomic mass is 16.3. The van der Waals surface area contributed by atoms with E-state index in [4.69, 9.17) is 9.97 Å². The molecule has 8 nitrogen and oxygen atoms in total. The van der Waals surface area contributed by atoms with Crippen LogP contribution in [0.3, 0.4) is 0 Å². The Bertz CT molecular complexity index is 1290. The maximum Gasteiger partial charge on any atom is 0.131 e. The summed E-state index contributed by atoms with van der Waals surface area (Å²) < 4.78 is 2.36. The predicted molar refractivity (Wildman–Crippen MR) is 133 cm³/mol. The van der Waals surface area contributed by atoms with Gasteiger partial charge in [0.25, 0.3) is 0 Å². The average Bonchev–Trinajstić information content (AvgIpc) is 3.55. The molecule has 0 radical (unpaired) electrons. The van der Waals surface area contributed by atoms with Gasteiger partial charge in [-0.05, 0) is 37.8 Å². The maximum absolute atomic E-state index is 9.76. The number of hydrogen-bond acceptors (Lipinski definition) is 6. The number of aliphatic hydroxyl groups excluding tert-OH is 2. The number of aliphatic hydroxyl groups is 2. The molecule has 0 amide bonds. The molecule has 1 aliphatic carbocycles. The van der Waals surface area contributed by atoms with E-state index in [0.29, 0.717) is 6.04 Å². The zero-order valence-electron chi connectivity index (χ0n) is 19.5. The second-order valence-electron chi connectivity index (χ2n) is 10.1. The first-order chi connectivity index (χ1) is 16.7. The highest BCUT2D eigenvalue weighted by molar-refractivity contribution is 5.93. The van der Waals surface area contributed by atoms with Crippen molar-refractivity contribution in [2.45, 2.75) is 51.0 Å². The molecule has 34 heavy (non-hydrogen) atoms. The second-order valence-corrected chi connectivity index (χ2v) is 10.1. The number of hydrogen-bond donors (Lipinski definition) is 3. The molecule has 6 rings (SSSR count). The number of nitrogens with zero attached hydrogens (tertiary/aromatic N) is 5. The first kappa shape index (κ1) is 21.6. The number of pyridine rings is 1. The minimum absolute atomic E-state index is 0.0170. The van der Waals surface area contributed by atoms with Gasteiger partial charge in [-0.25, -0.2) is 15.0 Å². The molecule has 1 saturated heterocycles. The van der Waals surface area contributed by atoms with Crippen LogP contribution in [0, 0.1) is 5.41 Å². The van der Waals surface area contributed by atoms with Crippen LogP contribution in [0.25, 0.3) is 33.3 Å². The maximum atomic E-state index is 9.76. The van der Waals surface area contributed by atoms with Crippen LogP contribution in [0.15, 0.2) is 36.9 Å². The summed E-state index contributed by atoms with van der Waals surface area (Å²) >= 11 is 0. The number of H-pyrrole nitrogens is 1. The Hall–Kier alpha value is -2.97. The molecule has 4 aromatic rings. The van der Waals surface area contributed by atoms with E-state index in [1.807, 2.05) is 12.4 Å². The monoisotopic (exact) mass is 460 g/mol. The van der Waals surface area contributed by atoms with Crippen LogP contribution in [-0.2, 0) is 0 Å². The molecule has 2 aliphatic rings. The number of imidazole rings is 2. The van der Waals surface area contributed by atoms with Gasteiger partial charge >= 0.3 is 0 Å². The van der Waals surface area contributed by atoms with Crippen LogP contribution in [0.1, 0.15) is 51.0 Å². The van der Waals surface area contributed by atoms with Gasteiger partial charge in [-0.15, -0.1) is 0 Å². The van der Waals surface area contributed by atoms with Crippen LogP contribution in [0.4, 0.5) is 5.82 Å². The van der Waals surface area contributed by atoms with Crippen molar-refractivity contribution in [3.05, 3.63) is 36.9 Å². The Kier molecular flexibility index (Phi) is 5.50. The summed E-state index contributed by atoms with van der Waals surface area (Å²) in [4.78, 5) is 19.9. The van der Waals surface area contributed by atoms with E-state index in [0.717, 1.165) is 59.6 Å². The third-order valence-electron chi connectivity index (χ3n) is 8.03. The summed E-state index contributed by atoms with van der Waals surface area (Å²) in [5.74, 6) is 0.893. The number of benzene rings is 1. The van der Waals surface area contributed by atoms with Crippen LogP contribution >= 0.6 is 0 Å². The number of aromatic amines is 1. The van der Waals surface area contributed by atoms with Gasteiger partial charge in [0.15, 0.2) is 0 Å². The molecule has 0 bridgehead atoms. The lowest BCUT2D eigenvalue weighted by molar-refractivity contribution is 0.0340.